The number of carbonyl (C=O) groups is 6. The second kappa shape index (κ2) is 16.6. The van der Waals surface area contributed by atoms with Crippen molar-refractivity contribution in [2.75, 3.05) is 26.7 Å². The van der Waals surface area contributed by atoms with Crippen LogP contribution in [0.2, 0.25) is 0 Å². The first-order valence-electron chi connectivity index (χ1n) is 18.0. The van der Waals surface area contributed by atoms with Gasteiger partial charge in [-0.1, -0.05) is 54.9 Å². The number of amides is 5. The smallest absolute Gasteiger partial charge is 0.329 e. The molecule has 0 bridgehead atoms. The highest BCUT2D eigenvalue weighted by molar-refractivity contribution is 6.21. The third-order valence-electron chi connectivity index (χ3n) is 10.4. The molecule has 4 rings (SSSR count). The summed E-state index contributed by atoms with van der Waals surface area (Å²) in [5.74, 6) is -4.59. The number of aliphatic hydroxyl groups is 1. The number of ether oxygens (including phenoxy) is 1. The second-order valence-electron chi connectivity index (χ2n) is 15.3. The lowest BCUT2D eigenvalue weighted by Gasteiger charge is -2.45. The number of hydrogen-bond donors (Lipinski definition) is 4. The number of esters is 1. The normalized spacial score (nSPS) is 34.6. The largest absolute Gasteiger partial charge is 0.450 e. The Morgan fingerprint density at radius 3 is 2.10 bits per heavy atom. The number of nitrogens with one attached hydrogen (secondary N) is 3. The Kier molecular flexibility index (Phi) is 13.2. The summed E-state index contributed by atoms with van der Waals surface area (Å²) in [6.45, 7) is 13.2. The van der Waals surface area contributed by atoms with Gasteiger partial charge in [0.15, 0.2) is 6.10 Å². The topological polar surface area (TPSA) is 181 Å². The van der Waals surface area contributed by atoms with Crippen LogP contribution in [0.15, 0.2) is 0 Å². The molecule has 10 unspecified atom stereocenters. The molecule has 10 atom stereocenters. The van der Waals surface area contributed by atoms with Gasteiger partial charge in [-0.25, -0.2) is 15.6 Å². The van der Waals surface area contributed by atoms with Gasteiger partial charge < -0.3 is 25.0 Å². The number of hydrogen-bond acceptors (Lipinski definition) is 10. The molecule has 4 aliphatic heterocycles. The molecule has 0 saturated carbocycles. The molecule has 4 N–H and O–H groups in total. The zero-order valence-electron chi connectivity index (χ0n) is 30.6. The van der Waals surface area contributed by atoms with Crippen LogP contribution in [-0.4, -0.2) is 135 Å². The maximum atomic E-state index is 14.5. The van der Waals surface area contributed by atoms with Crippen molar-refractivity contribution in [1.82, 2.24) is 36.0 Å². The van der Waals surface area contributed by atoms with Crippen LogP contribution >= 0.6 is 11.6 Å². The molecule has 4 fully saturated rings. The van der Waals surface area contributed by atoms with Gasteiger partial charge in [0.05, 0.1) is 11.5 Å². The molecular formula is C34H56ClN7O8. The summed E-state index contributed by atoms with van der Waals surface area (Å²) < 4.78 is 5.90. The van der Waals surface area contributed by atoms with Crippen molar-refractivity contribution < 1.29 is 38.6 Å². The molecule has 5 amide bonds. The Morgan fingerprint density at radius 1 is 0.860 bits per heavy atom. The number of fused-ring (bicyclic) bond motifs is 3. The molecule has 16 heteroatoms. The van der Waals surface area contributed by atoms with Crippen molar-refractivity contribution in [3.63, 3.8) is 0 Å². The Balaban J connectivity index is 1.85. The fourth-order valence-electron chi connectivity index (χ4n) is 7.26. The van der Waals surface area contributed by atoms with Crippen LogP contribution in [0.3, 0.4) is 0 Å². The number of cyclic esters (lactones) is 1. The van der Waals surface area contributed by atoms with Crippen LogP contribution in [-0.2, 0) is 33.5 Å². The van der Waals surface area contributed by atoms with Crippen molar-refractivity contribution >= 4 is 47.1 Å². The summed E-state index contributed by atoms with van der Waals surface area (Å²) in [4.78, 5) is 88.2. The highest BCUT2D eigenvalue weighted by atomic mass is 35.5. The maximum absolute atomic E-state index is 14.5. The summed E-state index contributed by atoms with van der Waals surface area (Å²) >= 11 is 6.52. The Hall–Kier alpha value is -3.01. The van der Waals surface area contributed by atoms with E-state index in [1.54, 1.807) is 20.8 Å². The van der Waals surface area contributed by atoms with Crippen molar-refractivity contribution in [3.05, 3.63) is 0 Å². The lowest BCUT2D eigenvalue weighted by molar-refractivity contribution is -0.175. The molecule has 282 valence electrons. The molecule has 4 aliphatic rings. The SMILES string of the molecule is CCC(C)C1NC(=O)C2CC(C)CN2C(=O)C(CC(C)C)N(C)C(=O)C2CC(O)CNN2C(=O)C2CC(Cl)CNN2C(=O)C(C(C)C)OC1=O. The molecule has 0 radical (unpaired) electrons. The van der Waals surface area contributed by atoms with Crippen molar-refractivity contribution in [2.45, 2.75) is 128 Å². The van der Waals surface area contributed by atoms with E-state index in [1.165, 1.54) is 16.8 Å². The van der Waals surface area contributed by atoms with E-state index in [1.807, 2.05) is 27.7 Å². The number of rotatable bonds is 5. The van der Waals surface area contributed by atoms with Crippen molar-refractivity contribution in [1.29, 1.82) is 0 Å². The minimum Gasteiger partial charge on any atom is -0.450 e. The summed E-state index contributed by atoms with van der Waals surface area (Å²) in [6, 6.07) is -5.44. The Morgan fingerprint density at radius 2 is 1.48 bits per heavy atom. The first-order chi connectivity index (χ1) is 23.5. The number of hydrazine groups is 2. The van der Waals surface area contributed by atoms with Gasteiger partial charge in [-0.15, -0.1) is 11.6 Å². The van der Waals surface area contributed by atoms with E-state index in [0.29, 0.717) is 12.8 Å². The van der Waals surface area contributed by atoms with Crippen LogP contribution in [0.1, 0.15) is 80.6 Å². The van der Waals surface area contributed by atoms with Crippen LogP contribution in [0, 0.1) is 23.7 Å². The molecule has 15 nitrogen and oxygen atoms in total. The fraction of sp³-hybridized carbons (Fsp3) is 0.824. The summed E-state index contributed by atoms with van der Waals surface area (Å²) in [5, 5.41) is 15.2. The van der Waals surface area contributed by atoms with E-state index < -0.39 is 89.2 Å². The number of β-amino-alcohol motifs (C(OH)–C–C–N with tert-alkyl or cyclic N) is 1. The van der Waals surface area contributed by atoms with Crippen molar-refractivity contribution in [2.24, 2.45) is 23.7 Å². The van der Waals surface area contributed by atoms with E-state index >= 15 is 0 Å². The standard InChI is InChI=1S/C34H56ClN7O8/c1-9-20(7)27-34(49)50-28(18(4)5)33(48)42-25(12-21(35)14-36-42)32(47)41-26(13-22(43)15-37-41)30(45)39(8)24(10-17(2)3)31(46)40-16-19(6)11-23(40)29(44)38-27/h17-28,36-37,43H,9-16H2,1-8H3,(H,38,44). The van der Waals surface area contributed by atoms with Gasteiger partial charge in [0.25, 0.3) is 11.8 Å². The van der Waals surface area contributed by atoms with Gasteiger partial charge in [0.1, 0.15) is 30.2 Å². The monoisotopic (exact) mass is 725 g/mol. The minimum atomic E-state index is -1.33. The van der Waals surface area contributed by atoms with Crippen LogP contribution in [0.25, 0.3) is 0 Å². The molecule has 0 spiro atoms. The van der Waals surface area contributed by atoms with Gasteiger partial charge in [0.2, 0.25) is 17.7 Å². The average molecular weight is 726 g/mol. The van der Waals surface area contributed by atoms with Crippen molar-refractivity contribution in [3.8, 4) is 0 Å². The molecule has 0 aromatic rings. The quantitative estimate of drug-likeness (QED) is 0.229. The third kappa shape index (κ3) is 8.54. The van der Waals surface area contributed by atoms with E-state index in [-0.39, 0.29) is 56.7 Å². The zero-order valence-corrected chi connectivity index (χ0v) is 31.3. The van der Waals surface area contributed by atoms with Gasteiger partial charge in [0, 0.05) is 33.1 Å². The van der Waals surface area contributed by atoms with Crippen LogP contribution in [0.5, 0.6) is 0 Å². The molecule has 0 aliphatic carbocycles. The predicted octanol–water partition coefficient (Wildman–Crippen LogP) is 0.388. The molecule has 0 aromatic heterocycles. The first kappa shape index (κ1) is 39.8. The van der Waals surface area contributed by atoms with Gasteiger partial charge in [-0.05, 0) is 42.9 Å². The third-order valence-corrected chi connectivity index (χ3v) is 10.7. The summed E-state index contributed by atoms with van der Waals surface area (Å²) in [6.07, 6.45) is -1.25. The fourth-order valence-corrected chi connectivity index (χ4v) is 7.50. The molecule has 4 saturated heterocycles. The summed E-state index contributed by atoms with van der Waals surface area (Å²) in [5.41, 5.74) is 5.81. The summed E-state index contributed by atoms with van der Waals surface area (Å²) in [7, 11) is 1.50. The molecule has 50 heavy (non-hydrogen) atoms. The number of nitrogens with zero attached hydrogens (tertiary/aromatic N) is 4. The van der Waals surface area contributed by atoms with E-state index in [4.69, 9.17) is 16.3 Å². The van der Waals surface area contributed by atoms with E-state index in [0.717, 1.165) is 10.0 Å². The number of carbonyl (C=O) groups excluding carboxylic acids is 6. The Bertz CT molecular complexity index is 1300. The van der Waals surface area contributed by atoms with Crippen LogP contribution in [0.4, 0.5) is 0 Å². The second-order valence-corrected chi connectivity index (χ2v) is 15.9. The zero-order chi connectivity index (χ0) is 37.2. The molecular weight excluding hydrogens is 670 g/mol. The minimum absolute atomic E-state index is 0.0239. The maximum Gasteiger partial charge on any atom is 0.329 e. The lowest BCUT2D eigenvalue weighted by atomic mass is 9.96. The highest BCUT2D eigenvalue weighted by Crippen LogP contribution is 2.29. The highest BCUT2D eigenvalue weighted by Gasteiger charge is 2.49. The first-order valence-corrected chi connectivity index (χ1v) is 18.4. The molecule has 0 aromatic carbocycles. The number of halogens is 1. The lowest BCUT2D eigenvalue weighted by Crippen LogP contribution is -2.70. The van der Waals surface area contributed by atoms with Gasteiger partial charge in [-0.2, -0.15) is 0 Å². The van der Waals surface area contributed by atoms with Gasteiger partial charge >= 0.3 is 5.97 Å². The average Bonchev–Trinajstić information content (AvgIpc) is 3.47. The molecule has 4 heterocycles. The number of likely N-dealkylation sites (N-methyl/N-ethyl adjacent to an activating group) is 1. The number of aliphatic hydroxyl groups excluding tert-OH is 1. The predicted molar refractivity (Wildman–Crippen MR) is 184 cm³/mol. The van der Waals surface area contributed by atoms with Crippen LogP contribution < -0.4 is 16.2 Å². The number of alkyl halides is 1. The van der Waals surface area contributed by atoms with E-state index in [2.05, 4.69) is 16.2 Å². The van der Waals surface area contributed by atoms with E-state index in [9.17, 15) is 33.9 Å². The van der Waals surface area contributed by atoms with Gasteiger partial charge in [-0.3, -0.25) is 34.0 Å². The Labute approximate surface area is 300 Å².